The van der Waals surface area contributed by atoms with Gasteiger partial charge in [-0.05, 0) is 30.9 Å². The molecule has 2 radical (unpaired) electrons. The molecule has 136 valence electrons. The van der Waals surface area contributed by atoms with E-state index in [1.807, 2.05) is 13.8 Å². The SMILES string of the molecule is [B]C(CC(C)C)C(=O)NCc1ccc([N+](=O)[O-])c(C(C)OPOC)c1. The second-order valence-electron chi connectivity index (χ2n) is 6.15. The highest BCUT2D eigenvalue weighted by Crippen LogP contribution is 2.33. The monoisotopic (exact) mass is 366 g/mol. The van der Waals surface area contributed by atoms with Crippen molar-refractivity contribution >= 4 is 28.5 Å². The van der Waals surface area contributed by atoms with Crippen LogP contribution in [0, 0.1) is 16.0 Å². The lowest BCUT2D eigenvalue weighted by atomic mass is 9.80. The minimum Gasteiger partial charge on any atom is -0.352 e. The van der Waals surface area contributed by atoms with Crippen molar-refractivity contribution in [2.24, 2.45) is 5.92 Å². The summed E-state index contributed by atoms with van der Waals surface area (Å²) in [5.41, 5.74) is 1.15. The molecule has 0 saturated carbocycles. The van der Waals surface area contributed by atoms with Crippen molar-refractivity contribution in [3.05, 3.63) is 39.4 Å². The summed E-state index contributed by atoms with van der Waals surface area (Å²) in [6, 6.07) is 4.69. The first kappa shape index (κ1) is 21.5. The van der Waals surface area contributed by atoms with Crippen LogP contribution in [0.4, 0.5) is 5.69 Å². The van der Waals surface area contributed by atoms with E-state index in [1.54, 1.807) is 19.1 Å². The van der Waals surface area contributed by atoms with Crippen LogP contribution in [-0.4, -0.2) is 25.8 Å². The number of amides is 1. The van der Waals surface area contributed by atoms with Crippen molar-refractivity contribution < 1.29 is 18.8 Å². The Morgan fingerprint density at radius 2 is 2.08 bits per heavy atom. The molecule has 0 heterocycles. The summed E-state index contributed by atoms with van der Waals surface area (Å²) in [5, 5.41) is 14.0. The van der Waals surface area contributed by atoms with E-state index in [1.165, 1.54) is 13.2 Å². The number of carbonyl (C=O) groups excluding carboxylic acids is 1. The van der Waals surface area contributed by atoms with Gasteiger partial charge in [0, 0.05) is 25.5 Å². The third-order valence-electron chi connectivity index (χ3n) is 3.56. The molecule has 1 N–H and O–H groups in total. The molecule has 0 fully saturated rings. The molecule has 1 aromatic carbocycles. The van der Waals surface area contributed by atoms with Crippen LogP contribution in [0.25, 0.3) is 0 Å². The van der Waals surface area contributed by atoms with Gasteiger partial charge in [-0.15, -0.1) is 0 Å². The van der Waals surface area contributed by atoms with E-state index in [0.29, 0.717) is 17.9 Å². The lowest BCUT2D eigenvalue weighted by molar-refractivity contribution is -0.386. The molecule has 0 aliphatic carbocycles. The number of nitro benzene ring substituents is 1. The van der Waals surface area contributed by atoms with Crippen LogP contribution in [0.1, 0.15) is 44.4 Å². The summed E-state index contributed by atoms with van der Waals surface area (Å²) < 4.78 is 10.3. The topological polar surface area (TPSA) is 90.7 Å². The highest BCUT2D eigenvalue weighted by atomic mass is 31.1. The summed E-state index contributed by atoms with van der Waals surface area (Å²) in [6.45, 7) is 5.96. The number of hydrogen-bond acceptors (Lipinski definition) is 5. The molecule has 0 bridgehead atoms. The van der Waals surface area contributed by atoms with Crippen LogP contribution in [0.15, 0.2) is 18.2 Å². The number of benzene rings is 1. The molecule has 9 heteroatoms. The van der Waals surface area contributed by atoms with E-state index in [-0.39, 0.29) is 27.2 Å². The Kier molecular flexibility index (Phi) is 9.04. The minimum absolute atomic E-state index is 0.0278. The molecule has 3 unspecified atom stereocenters. The first-order chi connectivity index (χ1) is 11.8. The van der Waals surface area contributed by atoms with E-state index < -0.39 is 16.8 Å². The fourth-order valence-electron chi connectivity index (χ4n) is 2.32. The van der Waals surface area contributed by atoms with Crippen LogP contribution in [0.5, 0.6) is 0 Å². The fraction of sp³-hybridized carbons (Fsp3) is 0.562. The Bertz CT molecular complexity index is 600. The molecule has 0 aromatic heterocycles. The van der Waals surface area contributed by atoms with Crippen LogP contribution < -0.4 is 5.32 Å². The Labute approximate surface area is 151 Å². The Morgan fingerprint density at radius 1 is 1.40 bits per heavy atom. The van der Waals surface area contributed by atoms with Crippen LogP contribution in [-0.2, 0) is 20.4 Å². The van der Waals surface area contributed by atoms with Gasteiger partial charge >= 0.3 is 0 Å². The molecule has 25 heavy (non-hydrogen) atoms. The average Bonchev–Trinajstić information content (AvgIpc) is 2.56. The van der Waals surface area contributed by atoms with E-state index in [4.69, 9.17) is 16.9 Å². The molecule has 0 aliphatic heterocycles. The summed E-state index contributed by atoms with van der Waals surface area (Å²) in [4.78, 5) is 22.8. The molecular weight excluding hydrogens is 342 g/mol. The zero-order valence-electron chi connectivity index (χ0n) is 14.9. The summed E-state index contributed by atoms with van der Waals surface area (Å²) in [7, 11) is 7.13. The number of nitrogens with zero attached hydrogens (tertiary/aromatic N) is 1. The first-order valence-corrected chi connectivity index (χ1v) is 8.82. The van der Waals surface area contributed by atoms with Gasteiger partial charge in [-0.3, -0.25) is 14.9 Å². The van der Waals surface area contributed by atoms with E-state index in [9.17, 15) is 14.9 Å². The molecule has 1 amide bonds. The Balaban J connectivity index is 2.84. The third-order valence-corrected chi connectivity index (χ3v) is 4.18. The van der Waals surface area contributed by atoms with Crippen molar-refractivity contribution in [1.29, 1.82) is 0 Å². The van der Waals surface area contributed by atoms with Crippen molar-refractivity contribution in [2.45, 2.75) is 45.7 Å². The lowest BCUT2D eigenvalue weighted by Crippen LogP contribution is -2.28. The van der Waals surface area contributed by atoms with Crippen molar-refractivity contribution in [3.8, 4) is 0 Å². The number of nitrogens with one attached hydrogen (secondary N) is 1. The molecule has 0 aliphatic rings. The molecule has 7 nitrogen and oxygen atoms in total. The molecule has 0 saturated heterocycles. The smallest absolute Gasteiger partial charge is 0.275 e. The van der Waals surface area contributed by atoms with Crippen molar-refractivity contribution in [2.75, 3.05) is 7.11 Å². The zero-order chi connectivity index (χ0) is 19.0. The highest BCUT2D eigenvalue weighted by molar-refractivity contribution is 7.26. The fourth-order valence-corrected chi connectivity index (χ4v) is 2.69. The normalized spacial score (nSPS) is 14.0. The number of rotatable bonds is 10. The maximum Gasteiger partial charge on any atom is 0.275 e. The first-order valence-electron chi connectivity index (χ1n) is 8.00. The van der Waals surface area contributed by atoms with Gasteiger partial charge in [0.15, 0.2) is 9.03 Å². The quantitative estimate of drug-likeness (QED) is 0.296. The predicted molar refractivity (Wildman–Crippen MR) is 98.7 cm³/mol. The van der Waals surface area contributed by atoms with E-state index in [0.717, 1.165) is 5.56 Å². The number of hydrogen-bond donors (Lipinski definition) is 1. The summed E-state index contributed by atoms with van der Waals surface area (Å²) in [6.07, 6.45) is 0.0951. The van der Waals surface area contributed by atoms with Gasteiger partial charge in [-0.2, -0.15) is 0 Å². The molecule has 1 aromatic rings. The molecule has 3 atom stereocenters. The van der Waals surface area contributed by atoms with Crippen molar-refractivity contribution in [1.82, 2.24) is 5.32 Å². The van der Waals surface area contributed by atoms with Gasteiger partial charge in [0.1, 0.15) is 0 Å². The number of nitro groups is 1. The maximum absolute atomic E-state index is 12.0. The van der Waals surface area contributed by atoms with E-state index in [2.05, 4.69) is 5.32 Å². The van der Waals surface area contributed by atoms with Crippen molar-refractivity contribution in [3.63, 3.8) is 0 Å². The standard InChI is InChI=1S/C16H24BN2O5P/c1-10(2)7-14(17)16(20)18-9-12-5-6-15(19(21)22)13(8-12)11(3)24-25-23-4/h5-6,8,10-11,14,25H,7,9H2,1-4H3,(H,18,20). The predicted octanol–water partition coefficient (Wildman–Crippen LogP) is 3.45. The Hall–Kier alpha value is -1.50. The van der Waals surface area contributed by atoms with Gasteiger partial charge in [-0.1, -0.05) is 19.9 Å². The maximum atomic E-state index is 12.0. The lowest BCUT2D eigenvalue weighted by Gasteiger charge is -2.16. The molecular formula is C16H24BN2O5P. The Morgan fingerprint density at radius 3 is 2.64 bits per heavy atom. The molecule has 0 spiro atoms. The van der Waals surface area contributed by atoms with Crippen LogP contribution >= 0.6 is 9.03 Å². The van der Waals surface area contributed by atoms with E-state index >= 15 is 0 Å². The second-order valence-corrected chi connectivity index (χ2v) is 6.96. The minimum atomic E-state index is -0.567. The van der Waals surface area contributed by atoms with Gasteiger partial charge in [0.05, 0.1) is 24.4 Å². The number of carbonyl (C=O) groups is 1. The van der Waals surface area contributed by atoms with Gasteiger partial charge in [-0.25, -0.2) is 0 Å². The third kappa shape index (κ3) is 7.10. The highest BCUT2D eigenvalue weighted by Gasteiger charge is 2.21. The zero-order valence-corrected chi connectivity index (χ0v) is 15.9. The second kappa shape index (κ2) is 10.5. The van der Waals surface area contributed by atoms with Gasteiger partial charge < -0.3 is 14.4 Å². The average molecular weight is 366 g/mol. The summed E-state index contributed by atoms with van der Waals surface area (Å²) >= 11 is 0. The largest absolute Gasteiger partial charge is 0.352 e. The van der Waals surface area contributed by atoms with Crippen LogP contribution in [0.2, 0.25) is 5.82 Å². The molecule has 1 rings (SSSR count). The summed E-state index contributed by atoms with van der Waals surface area (Å²) in [5.74, 6) is -0.479. The van der Waals surface area contributed by atoms with Gasteiger partial charge in [0.2, 0.25) is 5.91 Å². The van der Waals surface area contributed by atoms with Crippen LogP contribution in [0.3, 0.4) is 0 Å². The van der Waals surface area contributed by atoms with Gasteiger partial charge in [0.25, 0.3) is 5.69 Å².